The maximum Gasteiger partial charge on any atom is 0.411 e. The minimum absolute atomic E-state index is 0.0812. The summed E-state index contributed by atoms with van der Waals surface area (Å²) in [6.45, 7) is 9.40. The largest absolute Gasteiger partial charge is 0.494 e. The Kier molecular flexibility index (Phi) is 11.9. The lowest BCUT2D eigenvalue weighted by atomic mass is 10.2. The van der Waals surface area contributed by atoms with E-state index >= 15 is 0 Å². The van der Waals surface area contributed by atoms with E-state index in [1.54, 1.807) is 43.3 Å². The van der Waals surface area contributed by atoms with Crippen LogP contribution in [0.25, 0.3) is 0 Å². The third-order valence-electron chi connectivity index (χ3n) is 5.42. The Morgan fingerprint density at radius 3 is 1.74 bits per heavy atom. The average Bonchev–Trinajstić information content (AvgIpc) is 2.99. The first-order valence-electron chi connectivity index (χ1n) is 13.0. The predicted octanol–water partition coefficient (Wildman–Crippen LogP) is 6.14. The van der Waals surface area contributed by atoms with Gasteiger partial charge in [0.15, 0.2) is 0 Å². The van der Waals surface area contributed by atoms with E-state index in [9.17, 15) is 19.2 Å². The van der Waals surface area contributed by atoms with E-state index in [1.165, 1.54) is 42.5 Å². The van der Waals surface area contributed by atoms with Gasteiger partial charge in [0.1, 0.15) is 23.9 Å². The Labute approximate surface area is 243 Å². The van der Waals surface area contributed by atoms with Gasteiger partial charge in [-0.2, -0.15) is 0 Å². The second kappa shape index (κ2) is 16.0. The fourth-order valence-electron chi connectivity index (χ4n) is 3.26. The van der Waals surface area contributed by atoms with Gasteiger partial charge in [0, 0.05) is 11.3 Å². The lowest BCUT2D eigenvalue weighted by Crippen LogP contribution is -2.14. The van der Waals surface area contributed by atoms with Gasteiger partial charge in [-0.05, 0) is 92.6 Å². The van der Waals surface area contributed by atoms with Crippen LogP contribution in [0.5, 0.6) is 17.2 Å². The molecular formula is C32H31NO9. The summed E-state index contributed by atoms with van der Waals surface area (Å²) < 4.78 is 26.3. The van der Waals surface area contributed by atoms with Gasteiger partial charge in [-0.15, -0.1) is 0 Å². The zero-order valence-corrected chi connectivity index (χ0v) is 23.1. The molecule has 0 bridgehead atoms. The van der Waals surface area contributed by atoms with E-state index in [0.717, 1.165) is 0 Å². The molecule has 0 spiro atoms. The topological polar surface area (TPSA) is 126 Å². The number of amides is 1. The number of rotatable bonds is 14. The first kappa shape index (κ1) is 31.2. The SMILES string of the molecule is C=CCOC(=O)Nc1ccc(C(=O)Oc2ccc(OC(=O)c3ccc(OCCCCOC(=O)C(=C)C)cc3)cc2)cc1. The van der Waals surface area contributed by atoms with Crippen molar-refractivity contribution in [1.29, 1.82) is 0 Å². The lowest BCUT2D eigenvalue weighted by molar-refractivity contribution is -0.139. The van der Waals surface area contributed by atoms with Crippen LogP contribution in [0.2, 0.25) is 0 Å². The predicted molar refractivity (Wildman–Crippen MR) is 155 cm³/mol. The molecule has 3 aromatic rings. The van der Waals surface area contributed by atoms with Crippen molar-refractivity contribution in [3.63, 3.8) is 0 Å². The maximum absolute atomic E-state index is 12.5. The monoisotopic (exact) mass is 573 g/mol. The molecule has 0 atom stereocenters. The third kappa shape index (κ3) is 10.3. The molecule has 0 radical (unpaired) electrons. The van der Waals surface area contributed by atoms with Gasteiger partial charge < -0.3 is 23.7 Å². The summed E-state index contributed by atoms with van der Waals surface area (Å²) in [4.78, 5) is 47.9. The highest BCUT2D eigenvalue weighted by atomic mass is 16.6. The van der Waals surface area contributed by atoms with Gasteiger partial charge in [-0.3, -0.25) is 5.32 Å². The zero-order chi connectivity index (χ0) is 30.3. The number of carbonyl (C=O) groups excluding carboxylic acids is 4. The number of ether oxygens (including phenoxy) is 5. The average molecular weight is 574 g/mol. The first-order chi connectivity index (χ1) is 20.2. The Hall–Kier alpha value is -5.38. The molecule has 0 saturated carbocycles. The molecule has 3 rings (SSSR count). The molecule has 10 heteroatoms. The molecule has 0 fully saturated rings. The van der Waals surface area contributed by atoms with Crippen LogP contribution in [0.4, 0.5) is 10.5 Å². The number of unbranched alkanes of at least 4 members (excludes halogenated alkanes) is 1. The first-order valence-corrected chi connectivity index (χ1v) is 13.0. The molecule has 1 amide bonds. The van der Waals surface area contributed by atoms with Crippen molar-refractivity contribution in [3.05, 3.63) is 109 Å². The van der Waals surface area contributed by atoms with Crippen LogP contribution in [0.15, 0.2) is 97.6 Å². The number of hydrogen-bond donors (Lipinski definition) is 1. The van der Waals surface area contributed by atoms with Gasteiger partial charge in [-0.25, -0.2) is 19.2 Å². The molecule has 1 N–H and O–H groups in total. The summed E-state index contributed by atoms with van der Waals surface area (Å²) >= 11 is 0. The smallest absolute Gasteiger partial charge is 0.411 e. The lowest BCUT2D eigenvalue weighted by Gasteiger charge is -2.09. The van der Waals surface area contributed by atoms with Gasteiger partial charge in [0.25, 0.3) is 0 Å². The summed E-state index contributed by atoms with van der Waals surface area (Å²) in [5.41, 5.74) is 1.41. The van der Waals surface area contributed by atoms with E-state index in [1.807, 2.05) is 0 Å². The molecule has 42 heavy (non-hydrogen) atoms. The summed E-state index contributed by atoms with van der Waals surface area (Å²) in [5, 5.41) is 2.52. The van der Waals surface area contributed by atoms with Crippen LogP contribution in [-0.4, -0.2) is 43.8 Å². The standard InChI is InChI=1S/C32H31NO9/c1-4-19-40-32(37)33-25-11-7-23(8-12-25)30(35)41-27-15-17-28(18-16-27)42-31(36)24-9-13-26(14-10-24)38-20-5-6-21-39-29(34)22(2)3/h4,7-18H,1-2,5-6,19-21H2,3H3,(H,33,37). The molecule has 0 aliphatic heterocycles. The van der Waals surface area contributed by atoms with Crippen molar-refractivity contribution in [2.75, 3.05) is 25.1 Å². The number of anilines is 1. The van der Waals surface area contributed by atoms with Crippen LogP contribution in [-0.2, 0) is 14.3 Å². The number of nitrogens with one attached hydrogen (secondary N) is 1. The highest BCUT2D eigenvalue weighted by Crippen LogP contribution is 2.21. The number of benzene rings is 3. The van der Waals surface area contributed by atoms with Crippen molar-refractivity contribution >= 4 is 29.7 Å². The second-order valence-electron chi connectivity index (χ2n) is 8.84. The van der Waals surface area contributed by atoms with Crippen LogP contribution in [0.1, 0.15) is 40.5 Å². The van der Waals surface area contributed by atoms with Crippen molar-refractivity contribution in [3.8, 4) is 17.2 Å². The van der Waals surface area contributed by atoms with Crippen LogP contribution >= 0.6 is 0 Å². The summed E-state index contributed by atoms with van der Waals surface area (Å²) in [6.07, 6.45) is 2.16. The highest BCUT2D eigenvalue weighted by Gasteiger charge is 2.12. The Balaban J connectivity index is 1.42. The second-order valence-corrected chi connectivity index (χ2v) is 8.84. The van der Waals surface area contributed by atoms with E-state index < -0.39 is 24.0 Å². The summed E-state index contributed by atoms with van der Waals surface area (Å²) in [6, 6.07) is 18.6. The number of hydrogen-bond acceptors (Lipinski definition) is 9. The highest BCUT2D eigenvalue weighted by molar-refractivity contribution is 5.93. The molecule has 218 valence electrons. The maximum atomic E-state index is 12.5. The van der Waals surface area contributed by atoms with E-state index in [4.69, 9.17) is 23.7 Å². The van der Waals surface area contributed by atoms with E-state index in [-0.39, 0.29) is 23.7 Å². The van der Waals surface area contributed by atoms with E-state index in [0.29, 0.717) is 48.6 Å². The fraction of sp³-hybridized carbons (Fsp3) is 0.188. The van der Waals surface area contributed by atoms with Gasteiger partial charge in [-0.1, -0.05) is 19.2 Å². The molecule has 0 heterocycles. The van der Waals surface area contributed by atoms with Crippen molar-refractivity contribution in [1.82, 2.24) is 0 Å². The fourth-order valence-corrected chi connectivity index (χ4v) is 3.26. The Morgan fingerprint density at radius 2 is 1.21 bits per heavy atom. The quantitative estimate of drug-likeness (QED) is 0.0796. The van der Waals surface area contributed by atoms with Crippen molar-refractivity contribution < 1.29 is 42.9 Å². The molecule has 3 aromatic carbocycles. The van der Waals surface area contributed by atoms with Crippen LogP contribution in [0.3, 0.4) is 0 Å². The molecule has 0 aliphatic carbocycles. The molecule has 0 aliphatic rings. The van der Waals surface area contributed by atoms with Crippen LogP contribution < -0.4 is 19.5 Å². The minimum atomic E-state index is -0.638. The molecule has 0 aromatic heterocycles. The third-order valence-corrected chi connectivity index (χ3v) is 5.42. The molecule has 10 nitrogen and oxygen atoms in total. The summed E-state index contributed by atoms with van der Waals surface area (Å²) in [7, 11) is 0. The van der Waals surface area contributed by atoms with E-state index in [2.05, 4.69) is 18.5 Å². The van der Waals surface area contributed by atoms with Gasteiger partial charge >= 0.3 is 24.0 Å². The van der Waals surface area contributed by atoms with Crippen LogP contribution in [0, 0.1) is 0 Å². The Bertz CT molecular complexity index is 1400. The summed E-state index contributed by atoms with van der Waals surface area (Å²) in [5.74, 6) is -0.455. The Morgan fingerprint density at radius 1 is 0.714 bits per heavy atom. The molecule has 0 unspecified atom stereocenters. The zero-order valence-electron chi connectivity index (χ0n) is 23.1. The minimum Gasteiger partial charge on any atom is -0.494 e. The normalized spacial score (nSPS) is 10.1. The van der Waals surface area contributed by atoms with Gasteiger partial charge in [0.05, 0.1) is 24.3 Å². The van der Waals surface area contributed by atoms with Crippen molar-refractivity contribution in [2.24, 2.45) is 0 Å². The number of carbonyl (C=O) groups is 4. The van der Waals surface area contributed by atoms with Crippen molar-refractivity contribution in [2.45, 2.75) is 19.8 Å². The molecular weight excluding hydrogens is 542 g/mol. The number of esters is 3. The molecule has 0 saturated heterocycles. The van der Waals surface area contributed by atoms with Gasteiger partial charge in [0.2, 0.25) is 0 Å².